The summed E-state index contributed by atoms with van der Waals surface area (Å²) in [6, 6.07) is 58.1. The number of aromatic nitrogens is 5. The van der Waals surface area contributed by atoms with Crippen LogP contribution in [0.1, 0.15) is 0 Å². The van der Waals surface area contributed by atoms with Gasteiger partial charge in [-0.15, -0.1) is 0 Å². The van der Waals surface area contributed by atoms with E-state index < -0.39 is 0 Å². The van der Waals surface area contributed by atoms with Crippen molar-refractivity contribution in [2.45, 2.75) is 0 Å². The average Bonchev–Trinajstić information content (AvgIpc) is 3.85. The Hall–Kier alpha value is -6.33. The van der Waals surface area contributed by atoms with Gasteiger partial charge in [0.05, 0.1) is 0 Å². The molecule has 0 amide bonds. The van der Waals surface area contributed by atoms with Gasteiger partial charge in [0, 0.05) is 0 Å². The van der Waals surface area contributed by atoms with Gasteiger partial charge in [-0.1, -0.05) is 30.3 Å². The van der Waals surface area contributed by atoms with Gasteiger partial charge >= 0.3 is 269 Å². The summed E-state index contributed by atoms with van der Waals surface area (Å²) in [5, 5.41) is 7.36. The monoisotopic (exact) mass is 717 g/mol. The topological polar surface area (TPSA) is 48.5 Å². The zero-order chi connectivity index (χ0) is 33.5. The Labute approximate surface area is 298 Å². The summed E-state index contributed by atoms with van der Waals surface area (Å²) >= 11 is 0.144. The molecule has 0 aliphatic rings. The van der Waals surface area contributed by atoms with E-state index in [1.54, 1.807) is 0 Å². The molecule has 7 aromatic carbocycles. The van der Waals surface area contributed by atoms with Gasteiger partial charge in [-0.25, -0.2) is 0 Å². The molecule has 0 fully saturated rings. The molecule has 0 atom stereocenters. The summed E-state index contributed by atoms with van der Waals surface area (Å²) in [6.45, 7) is 0. The summed E-state index contributed by atoms with van der Waals surface area (Å²) in [7, 11) is 0. The molecule has 4 aromatic heterocycles. The van der Waals surface area contributed by atoms with Crippen LogP contribution < -0.4 is 0 Å². The van der Waals surface area contributed by atoms with E-state index in [2.05, 4.69) is 155 Å². The first kappa shape index (κ1) is 28.5. The van der Waals surface area contributed by atoms with Crippen LogP contribution in [0.25, 0.3) is 97.3 Å². The average molecular weight is 717 g/mol. The van der Waals surface area contributed by atoms with Gasteiger partial charge in [-0.3, -0.25) is 0 Å². The Morgan fingerprint density at radius 3 is 1.75 bits per heavy atom. The summed E-state index contributed by atoms with van der Waals surface area (Å²) in [5.74, 6) is 1.95. The minimum atomic E-state index is 0.144. The number of nitrogens with zero attached hydrogens (tertiary/aromatic N) is 5. The fourth-order valence-corrected chi connectivity index (χ4v) is 10.3. The Bertz CT molecular complexity index is 3140. The Morgan fingerprint density at radius 1 is 0.392 bits per heavy atom. The summed E-state index contributed by atoms with van der Waals surface area (Å²) in [6.07, 6.45) is 0. The van der Waals surface area contributed by atoms with Gasteiger partial charge in [-0.2, -0.15) is 0 Å². The van der Waals surface area contributed by atoms with Crippen molar-refractivity contribution >= 4 is 77.4 Å². The molecule has 0 aliphatic heterocycles. The van der Waals surface area contributed by atoms with Crippen LogP contribution in [0.4, 0.5) is 0 Å². The first-order valence-corrected chi connectivity index (χ1v) is 18.8. The van der Waals surface area contributed by atoms with E-state index in [-0.39, 0.29) is 14.5 Å². The molecular formula is C45H27N5Se. The van der Waals surface area contributed by atoms with Crippen LogP contribution in [-0.2, 0) is 0 Å². The summed E-state index contributed by atoms with van der Waals surface area (Å²) < 4.78 is 7.31. The molecule has 4 heterocycles. The number of rotatable bonds is 4. The van der Waals surface area contributed by atoms with Gasteiger partial charge < -0.3 is 0 Å². The number of fused-ring (bicyclic) bond motifs is 9. The van der Waals surface area contributed by atoms with Crippen molar-refractivity contribution in [1.82, 2.24) is 24.1 Å². The van der Waals surface area contributed by atoms with Gasteiger partial charge in [0.1, 0.15) is 0 Å². The second-order valence-electron chi connectivity index (χ2n) is 12.9. The maximum absolute atomic E-state index is 5.36. The van der Waals surface area contributed by atoms with Crippen molar-refractivity contribution in [3.63, 3.8) is 0 Å². The fourth-order valence-electron chi connectivity index (χ4n) is 7.73. The fraction of sp³-hybridized carbons (Fsp3) is 0. The van der Waals surface area contributed by atoms with E-state index in [4.69, 9.17) is 15.0 Å². The molecule has 0 spiro atoms. The van der Waals surface area contributed by atoms with E-state index >= 15 is 0 Å². The zero-order valence-electron chi connectivity index (χ0n) is 27.2. The molecule has 6 heteroatoms. The number of hydrogen-bond acceptors (Lipinski definition) is 3. The number of para-hydroxylation sites is 3. The molecule has 5 nitrogen and oxygen atoms in total. The third kappa shape index (κ3) is 4.31. The third-order valence-corrected chi connectivity index (χ3v) is 12.5. The van der Waals surface area contributed by atoms with Gasteiger partial charge in [0.15, 0.2) is 0 Å². The first-order valence-electron chi connectivity index (χ1n) is 17.0. The molecule has 0 saturated carbocycles. The van der Waals surface area contributed by atoms with Crippen LogP contribution in [0.5, 0.6) is 0 Å². The SMILES string of the molecule is c1ccc(-c2nc(-c3cccc4c3[se]c3ccccc34)nc(-n3c4ccccc4c4cc5c6ccccc6n(-c6ccccc6)c5cc43)n2)cc1. The summed E-state index contributed by atoms with van der Waals surface area (Å²) in [4.78, 5) is 15.8. The summed E-state index contributed by atoms with van der Waals surface area (Å²) in [5.41, 5.74) is 7.57. The predicted molar refractivity (Wildman–Crippen MR) is 211 cm³/mol. The number of benzene rings is 7. The molecule has 0 N–H and O–H groups in total. The van der Waals surface area contributed by atoms with Crippen LogP contribution in [0.3, 0.4) is 0 Å². The van der Waals surface area contributed by atoms with Gasteiger partial charge in [-0.05, 0) is 0 Å². The third-order valence-electron chi connectivity index (χ3n) is 9.98. The molecular weight excluding hydrogens is 689 g/mol. The van der Waals surface area contributed by atoms with Crippen molar-refractivity contribution in [2.75, 3.05) is 0 Å². The molecule has 0 saturated heterocycles. The van der Waals surface area contributed by atoms with Crippen molar-refractivity contribution < 1.29 is 0 Å². The van der Waals surface area contributed by atoms with Crippen molar-refractivity contribution in [3.8, 4) is 34.4 Å². The molecule has 51 heavy (non-hydrogen) atoms. The number of hydrogen-bond donors (Lipinski definition) is 0. The molecule has 0 radical (unpaired) electrons. The quantitative estimate of drug-likeness (QED) is 0.170. The van der Waals surface area contributed by atoms with Crippen LogP contribution in [0.15, 0.2) is 164 Å². The van der Waals surface area contributed by atoms with E-state index in [0.717, 1.165) is 44.1 Å². The van der Waals surface area contributed by atoms with E-state index in [1.807, 2.05) is 18.2 Å². The Balaban J connectivity index is 1.25. The second kappa shape index (κ2) is 11.1. The normalized spacial score (nSPS) is 11.9. The predicted octanol–water partition coefficient (Wildman–Crippen LogP) is 10.8. The second-order valence-corrected chi connectivity index (χ2v) is 15.1. The van der Waals surface area contributed by atoms with Crippen LogP contribution >= 0.6 is 0 Å². The van der Waals surface area contributed by atoms with Gasteiger partial charge in [0.2, 0.25) is 0 Å². The van der Waals surface area contributed by atoms with Crippen molar-refractivity contribution in [2.24, 2.45) is 0 Å². The van der Waals surface area contributed by atoms with Crippen LogP contribution in [-0.4, -0.2) is 38.6 Å². The van der Waals surface area contributed by atoms with Crippen molar-refractivity contribution in [3.05, 3.63) is 164 Å². The van der Waals surface area contributed by atoms with Gasteiger partial charge in [0.25, 0.3) is 0 Å². The molecule has 0 unspecified atom stereocenters. The standard InChI is InChI=1S/C45H27N5Se/c1-3-14-28(15-4-1)43-46-44(34-22-13-21-33-32-20-9-12-25-41(32)51-42(33)34)48-45(47-43)50-38-24-11-8-19-31(38)36-26-35-30-18-7-10-23-37(30)49(39(35)27-40(36)50)29-16-5-2-6-17-29/h1-27H. The molecule has 11 aromatic rings. The van der Waals surface area contributed by atoms with Crippen molar-refractivity contribution in [1.29, 1.82) is 0 Å². The first-order chi connectivity index (χ1) is 25.3. The molecule has 0 aliphatic carbocycles. The van der Waals surface area contributed by atoms with E-state index in [1.165, 1.54) is 35.6 Å². The zero-order valence-corrected chi connectivity index (χ0v) is 28.9. The van der Waals surface area contributed by atoms with E-state index in [9.17, 15) is 0 Å². The minimum absolute atomic E-state index is 0.144. The maximum atomic E-state index is 5.36. The Morgan fingerprint density at radius 2 is 0.980 bits per heavy atom. The Kier molecular flexibility index (Phi) is 6.20. The molecule has 11 rings (SSSR count). The van der Waals surface area contributed by atoms with Crippen LogP contribution in [0.2, 0.25) is 0 Å². The van der Waals surface area contributed by atoms with E-state index in [0.29, 0.717) is 17.6 Å². The molecule has 238 valence electrons. The molecule has 0 bridgehead atoms. The van der Waals surface area contributed by atoms with Crippen LogP contribution in [0, 0.1) is 0 Å².